The highest BCUT2D eigenvalue weighted by molar-refractivity contribution is 5.95. The van der Waals surface area contributed by atoms with Gasteiger partial charge in [-0.15, -0.1) is 0 Å². The topological polar surface area (TPSA) is 52.7 Å². The van der Waals surface area contributed by atoms with E-state index >= 15 is 0 Å². The fraction of sp³-hybridized carbons (Fsp3) is 0.474. The third kappa shape index (κ3) is 3.85. The van der Waals surface area contributed by atoms with E-state index in [2.05, 4.69) is 19.2 Å². The van der Waals surface area contributed by atoms with E-state index in [0.717, 1.165) is 37.3 Å². The number of hydrogen-bond acceptors (Lipinski definition) is 3. The molecule has 5 heteroatoms. The molecule has 0 aromatic heterocycles. The predicted octanol–water partition coefficient (Wildman–Crippen LogP) is 2.04. The highest BCUT2D eigenvalue weighted by Gasteiger charge is 2.23. The minimum atomic E-state index is 0.0500. The molecule has 0 spiro atoms. The molecule has 2 aliphatic heterocycles. The van der Waals surface area contributed by atoms with Gasteiger partial charge in [-0.2, -0.15) is 0 Å². The van der Waals surface area contributed by atoms with Crippen molar-refractivity contribution in [1.82, 2.24) is 10.2 Å². The van der Waals surface area contributed by atoms with Crippen LogP contribution in [-0.4, -0.2) is 48.4 Å². The van der Waals surface area contributed by atoms with Gasteiger partial charge in [-0.25, -0.2) is 0 Å². The molecule has 1 N–H and O–H groups in total. The largest absolute Gasteiger partial charge is 0.336 e. The number of hydrogen-bond donors (Lipinski definition) is 1. The quantitative estimate of drug-likeness (QED) is 0.865. The van der Waals surface area contributed by atoms with Crippen molar-refractivity contribution in [3.63, 3.8) is 0 Å². The maximum absolute atomic E-state index is 12.3. The summed E-state index contributed by atoms with van der Waals surface area (Å²) in [5.41, 5.74) is 1.90. The van der Waals surface area contributed by atoms with E-state index in [1.54, 1.807) is 6.08 Å². The van der Waals surface area contributed by atoms with Crippen LogP contribution >= 0.6 is 0 Å². The molecule has 2 aliphatic rings. The molecule has 1 aromatic carbocycles. The van der Waals surface area contributed by atoms with Crippen LogP contribution in [0.2, 0.25) is 0 Å². The van der Waals surface area contributed by atoms with Crippen molar-refractivity contribution in [2.45, 2.75) is 38.8 Å². The Kier molecular flexibility index (Phi) is 5.00. The molecule has 2 unspecified atom stereocenters. The van der Waals surface area contributed by atoms with Gasteiger partial charge in [0, 0.05) is 49.9 Å². The number of nitrogens with one attached hydrogen (secondary N) is 1. The van der Waals surface area contributed by atoms with Crippen molar-refractivity contribution in [2.75, 3.05) is 24.5 Å². The third-order valence-electron chi connectivity index (χ3n) is 4.57. The maximum Gasteiger partial charge on any atom is 0.246 e. The van der Waals surface area contributed by atoms with Gasteiger partial charge in [-0.1, -0.05) is 12.1 Å². The molecule has 128 valence electrons. The second-order valence-electron chi connectivity index (χ2n) is 6.79. The molecule has 2 heterocycles. The zero-order chi connectivity index (χ0) is 17.1. The van der Waals surface area contributed by atoms with Crippen LogP contribution in [0.25, 0.3) is 6.08 Å². The molecule has 0 saturated carbocycles. The zero-order valence-corrected chi connectivity index (χ0v) is 14.4. The van der Waals surface area contributed by atoms with Gasteiger partial charge in [-0.05, 0) is 44.0 Å². The number of amides is 2. The van der Waals surface area contributed by atoms with E-state index in [-0.39, 0.29) is 11.8 Å². The molecule has 2 saturated heterocycles. The Hall–Kier alpha value is -2.14. The molecule has 0 bridgehead atoms. The van der Waals surface area contributed by atoms with Crippen LogP contribution < -0.4 is 10.2 Å². The Morgan fingerprint density at radius 2 is 1.83 bits per heavy atom. The summed E-state index contributed by atoms with van der Waals surface area (Å²) in [6.07, 6.45) is 5.05. The monoisotopic (exact) mass is 327 g/mol. The SMILES string of the molecule is CC1CN(C(=O)C=Cc2ccc(N3CCCC3=O)cc2)CC(C)N1. The van der Waals surface area contributed by atoms with Crippen LogP contribution in [0.15, 0.2) is 30.3 Å². The number of carbonyl (C=O) groups excluding carboxylic acids is 2. The molecular formula is C19H25N3O2. The molecule has 24 heavy (non-hydrogen) atoms. The fourth-order valence-electron chi connectivity index (χ4n) is 3.47. The van der Waals surface area contributed by atoms with Crippen molar-refractivity contribution in [3.05, 3.63) is 35.9 Å². The number of anilines is 1. The minimum Gasteiger partial charge on any atom is -0.336 e. The molecule has 5 nitrogen and oxygen atoms in total. The summed E-state index contributed by atoms with van der Waals surface area (Å²) in [4.78, 5) is 27.8. The van der Waals surface area contributed by atoms with Crippen molar-refractivity contribution in [3.8, 4) is 0 Å². The van der Waals surface area contributed by atoms with Gasteiger partial charge < -0.3 is 15.1 Å². The summed E-state index contributed by atoms with van der Waals surface area (Å²) in [7, 11) is 0. The van der Waals surface area contributed by atoms with Crippen molar-refractivity contribution in [1.29, 1.82) is 0 Å². The van der Waals surface area contributed by atoms with Crippen LogP contribution in [0.5, 0.6) is 0 Å². The standard InChI is InChI=1S/C19H25N3O2/c1-14-12-21(13-15(2)20-14)18(23)10-7-16-5-8-17(9-6-16)22-11-3-4-19(22)24/h5-10,14-15,20H,3-4,11-13H2,1-2H3. The van der Waals surface area contributed by atoms with E-state index in [1.807, 2.05) is 40.1 Å². The Morgan fingerprint density at radius 3 is 2.42 bits per heavy atom. The smallest absolute Gasteiger partial charge is 0.246 e. The van der Waals surface area contributed by atoms with Gasteiger partial charge in [0.05, 0.1) is 0 Å². The molecular weight excluding hydrogens is 302 g/mol. The summed E-state index contributed by atoms with van der Waals surface area (Å²) < 4.78 is 0. The Balaban J connectivity index is 1.62. The molecule has 3 rings (SSSR count). The zero-order valence-electron chi connectivity index (χ0n) is 14.4. The average Bonchev–Trinajstić information content (AvgIpc) is 2.98. The summed E-state index contributed by atoms with van der Waals surface area (Å²) in [6, 6.07) is 8.44. The molecule has 2 amide bonds. The average molecular weight is 327 g/mol. The Labute approximate surface area is 143 Å². The van der Waals surface area contributed by atoms with Crippen LogP contribution in [0.3, 0.4) is 0 Å². The molecule has 1 aromatic rings. The van der Waals surface area contributed by atoms with Gasteiger partial charge in [0.15, 0.2) is 0 Å². The second kappa shape index (κ2) is 7.18. The fourth-order valence-corrected chi connectivity index (χ4v) is 3.47. The summed E-state index contributed by atoms with van der Waals surface area (Å²) in [5.74, 6) is 0.240. The first-order valence-corrected chi connectivity index (χ1v) is 8.66. The first-order valence-electron chi connectivity index (χ1n) is 8.66. The second-order valence-corrected chi connectivity index (χ2v) is 6.79. The van der Waals surface area contributed by atoms with Crippen LogP contribution in [-0.2, 0) is 9.59 Å². The van der Waals surface area contributed by atoms with Crippen LogP contribution in [0.1, 0.15) is 32.3 Å². The predicted molar refractivity (Wildman–Crippen MR) is 95.7 cm³/mol. The number of piperazine rings is 1. The number of rotatable bonds is 3. The first-order chi connectivity index (χ1) is 11.5. The molecule has 0 radical (unpaired) electrons. The third-order valence-corrected chi connectivity index (χ3v) is 4.57. The summed E-state index contributed by atoms with van der Waals surface area (Å²) in [6.45, 7) is 6.47. The van der Waals surface area contributed by atoms with E-state index in [4.69, 9.17) is 0 Å². The normalized spacial score (nSPS) is 24.8. The highest BCUT2D eigenvalue weighted by Crippen LogP contribution is 2.22. The van der Waals surface area contributed by atoms with E-state index in [0.29, 0.717) is 18.5 Å². The summed E-state index contributed by atoms with van der Waals surface area (Å²) >= 11 is 0. The van der Waals surface area contributed by atoms with E-state index in [1.165, 1.54) is 0 Å². The van der Waals surface area contributed by atoms with Gasteiger partial charge in [0.25, 0.3) is 0 Å². The van der Waals surface area contributed by atoms with E-state index < -0.39 is 0 Å². The number of benzene rings is 1. The van der Waals surface area contributed by atoms with Crippen LogP contribution in [0.4, 0.5) is 5.69 Å². The Morgan fingerprint density at radius 1 is 1.17 bits per heavy atom. The van der Waals surface area contributed by atoms with Crippen LogP contribution in [0, 0.1) is 0 Å². The van der Waals surface area contributed by atoms with Crippen molar-refractivity contribution >= 4 is 23.6 Å². The number of carbonyl (C=O) groups is 2. The minimum absolute atomic E-state index is 0.0500. The molecule has 2 fully saturated rings. The number of nitrogens with zero attached hydrogens (tertiary/aromatic N) is 2. The van der Waals surface area contributed by atoms with Gasteiger partial charge in [0.2, 0.25) is 11.8 Å². The molecule has 2 atom stereocenters. The maximum atomic E-state index is 12.3. The first kappa shape index (κ1) is 16.7. The lowest BCUT2D eigenvalue weighted by molar-refractivity contribution is -0.127. The molecule has 0 aliphatic carbocycles. The van der Waals surface area contributed by atoms with Gasteiger partial charge in [0.1, 0.15) is 0 Å². The lowest BCUT2D eigenvalue weighted by Gasteiger charge is -2.35. The lowest BCUT2D eigenvalue weighted by atomic mass is 10.1. The van der Waals surface area contributed by atoms with Gasteiger partial charge in [-0.3, -0.25) is 9.59 Å². The lowest BCUT2D eigenvalue weighted by Crippen LogP contribution is -2.55. The van der Waals surface area contributed by atoms with Crippen molar-refractivity contribution in [2.24, 2.45) is 0 Å². The van der Waals surface area contributed by atoms with Crippen molar-refractivity contribution < 1.29 is 9.59 Å². The highest BCUT2D eigenvalue weighted by atomic mass is 16.2. The van der Waals surface area contributed by atoms with E-state index in [9.17, 15) is 9.59 Å². The van der Waals surface area contributed by atoms with Gasteiger partial charge >= 0.3 is 0 Å². The summed E-state index contributed by atoms with van der Waals surface area (Å²) in [5, 5.41) is 3.42. The Bertz CT molecular complexity index is 629.